The average molecular weight is 430 g/mol. The normalized spacial score (nSPS) is 19.5. The maximum Gasteiger partial charge on any atom is 0.323 e. The van der Waals surface area contributed by atoms with Crippen LogP contribution in [-0.2, 0) is 14.8 Å². The van der Waals surface area contributed by atoms with Gasteiger partial charge in [-0.25, -0.2) is 13.2 Å². The van der Waals surface area contributed by atoms with Crippen LogP contribution in [0.4, 0.5) is 0 Å². The SMILES string of the molecule is Cl.O=C(C1CCNCC1)N1CCN(S(=O)(=O)c2ccc3[nH]c(=O)[nH]c3c2)CC1. The fourth-order valence-corrected chi connectivity index (χ4v) is 5.25. The molecule has 1 amide bonds. The number of sulfonamides is 1. The molecule has 2 saturated heterocycles. The van der Waals surface area contributed by atoms with Crippen LogP contribution in [0, 0.1) is 5.92 Å². The first-order valence-corrected chi connectivity index (χ1v) is 10.6. The minimum absolute atomic E-state index is 0. The summed E-state index contributed by atoms with van der Waals surface area (Å²) in [7, 11) is -3.67. The van der Waals surface area contributed by atoms with Crippen LogP contribution >= 0.6 is 12.4 Å². The number of halogens is 1. The van der Waals surface area contributed by atoms with Crippen LogP contribution in [0.5, 0.6) is 0 Å². The van der Waals surface area contributed by atoms with Crippen LogP contribution < -0.4 is 11.0 Å². The molecule has 3 N–H and O–H groups in total. The molecule has 0 unspecified atom stereocenters. The second-order valence-electron chi connectivity index (χ2n) is 7.04. The number of aromatic nitrogens is 2. The van der Waals surface area contributed by atoms with Gasteiger partial charge in [0.1, 0.15) is 0 Å². The quantitative estimate of drug-likeness (QED) is 0.640. The number of fused-ring (bicyclic) bond motifs is 1. The van der Waals surface area contributed by atoms with Crippen LogP contribution in [0.25, 0.3) is 11.0 Å². The average Bonchev–Trinajstić information content (AvgIpc) is 3.07. The van der Waals surface area contributed by atoms with Crippen molar-refractivity contribution in [3.8, 4) is 0 Å². The second kappa shape index (κ2) is 8.24. The molecule has 9 nitrogen and oxygen atoms in total. The van der Waals surface area contributed by atoms with Gasteiger partial charge in [0.05, 0.1) is 15.9 Å². The third-order valence-corrected chi connectivity index (χ3v) is 7.26. The predicted octanol–water partition coefficient (Wildman–Crippen LogP) is 0.111. The van der Waals surface area contributed by atoms with Crippen LogP contribution in [0.3, 0.4) is 0 Å². The van der Waals surface area contributed by atoms with Gasteiger partial charge in [0, 0.05) is 32.1 Å². The Labute approximate surface area is 168 Å². The highest BCUT2D eigenvalue weighted by molar-refractivity contribution is 7.89. The summed E-state index contributed by atoms with van der Waals surface area (Å²) >= 11 is 0. The van der Waals surface area contributed by atoms with E-state index < -0.39 is 10.0 Å². The zero-order valence-electron chi connectivity index (χ0n) is 15.3. The van der Waals surface area contributed by atoms with Crippen molar-refractivity contribution in [3.63, 3.8) is 0 Å². The Morgan fingerprint density at radius 2 is 1.64 bits per heavy atom. The summed E-state index contributed by atoms with van der Waals surface area (Å²) in [6.07, 6.45) is 1.68. The fourth-order valence-electron chi connectivity index (χ4n) is 3.80. The van der Waals surface area contributed by atoms with Crippen molar-refractivity contribution in [2.24, 2.45) is 5.92 Å². The third kappa shape index (κ3) is 3.95. The second-order valence-corrected chi connectivity index (χ2v) is 8.98. The molecule has 0 atom stereocenters. The van der Waals surface area contributed by atoms with Crippen molar-refractivity contribution >= 4 is 39.4 Å². The molecule has 0 spiro atoms. The lowest BCUT2D eigenvalue weighted by molar-refractivity contribution is -0.137. The van der Waals surface area contributed by atoms with Gasteiger partial charge >= 0.3 is 5.69 Å². The maximum atomic E-state index is 12.9. The molecule has 0 saturated carbocycles. The number of hydrogen-bond donors (Lipinski definition) is 3. The Hall–Kier alpha value is -1.88. The Balaban J connectivity index is 0.00000225. The first kappa shape index (κ1) is 20.8. The molecular formula is C17H24ClN5O4S. The molecule has 2 aliphatic heterocycles. The molecular weight excluding hydrogens is 406 g/mol. The number of nitrogens with zero attached hydrogens (tertiary/aromatic N) is 2. The van der Waals surface area contributed by atoms with E-state index in [-0.39, 0.29) is 47.9 Å². The molecule has 0 radical (unpaired) electrons. The number of carbonyl (C=O) groups excluding carboxylic acids is 1. The number of carbonyl (C=O) groups is 1. The molecule has 3 heterocycles. The standard InChI is InChI=1S/C17H23N5O4S.ClH/c23-16(12-3-5-18-6-4-12)21-7-9-22(10-8-21)27(25,26)13-1-2-14-15(11-13)20-17(24)19-14;/h1-2,11-12,18H,3-10H2,(H2,19,20,24);1H. The van der Waals surface area contributed by atoms with Crippen molar-refractivity contribution in [3.05, 3.63) is 28.7 Å². The molecule has 28 heavy (non-hydrogen) atoms. The fraction of sp³-hybridized carbons (Fsp3) is 0.529. The molecule has 154 valence electrons. The van der Waals surface area contributed by atoms with Gasteiger partial charge in [0.25, 0.3) is 0 Å². The number of aromatic amines is 2. The lowest BCUT2D eigenvalue weighted by Gasteiger charge is -2.36. The summed E-state index contributed by atoms with van der Waals surface area (Å²) in [4.78, 5) is 31.1. The lowest BCUT2D eigenvalue weighted by atomic mass is 9.96. The Bertz CT molecular complexity index is 1000. The smallest absolute Gasteiger partial charge is 0.323 e. The number of nitrogens with one attached hydrogen (secondary N) is 3. The number of benzene rings is 1. The summed E-state index contributed by atoms with van der Waals surface area (Å²) in [5, 5.41) is 3.25. The molecule has 1 aromatic heterocycles. The highest BCUT2D eigenvalue weighted by atomic mass is 35.5. The molecule has 2 fully saturated rings. The summed E-state index contributed by atoms with van der Waals surface area (Å²) in [6, 6.07) is 4.54. The van der Waals surface area contributed by atoms with E-state index in [2.05, 4.69) is 15.3 Å². The van der Waals surface area contributed by atoms with Gasteiger partial charge in [-0.15, -0.1) is 12.4 Å². The Kier molecular flexibility index (Phi) is 6.13. The van der Waals surface area contributed by atoms with Gasteiger partial charge in [0.2, 0.25) is 15.9 Å². The summed E-state index contributed by atoms with van der Waals surface area (Å²) in [6.45, 7) is 3.08. The largest absolute Gasteiger partial charge is 0.340 e. The van der Waals surface area contributed by atoms with Crippen molar-refractivity contribution in [2.45, 2.75) is 17.7 Å². The number of imidazole rings is 1. The summed E-state index contributed by atoms with van der Waals surface area (Å²) in [5.74, 6) is 0.182. The van der Waals surface area contributed by atoms with E-state index in [4.69, 9.17) is 0 Å². The molecule has 4 rings (SSSR count). The zero-order chi connectivity index (χ0) is 19.0. The molecule has 2 aromatic rings. The number of H-pyrrole nitrogens is 2. The molecule has 1 aromatic carbocycles. The lowest BCUT2D eigenvalue weighted by Crippen LogP contribution is -2.52. The first-order chi connectivity index (χ1) is 12.9. The van der Waals surface area contributed by atoms with Crippen LogP contribution in [0.1, 0.15) is 12.8 Å². The maximum absolute atomic E-state index is 12.9. The minimum atomic E-state index is -3.67. The van der Waals surface area contributed by atoms with Crippen molar-refractivity contribution in [2.75, 3.05) is 39.3 Å². The van der Waals surface area contributed by atoms with Crippen LogP contribution in [0.2, 0.25) is 0 Å². The first-order valence-electron chi connectivity index (χ1n) is 9.17. The van der Waals surface area contributed by atoms with E-state index in [1.807, 2.05) is 0 Å². The zero-order valence-corrected chi connectivity index (χ0v) is 16.9. The summed E-state index contributed by atoms with van der Waals surface area (Å²) < 4.78 is 27.3. The minimum Gasteiger partial charge on any atom is -0.340 e. The van der Waals surface area contributed by atoms with Gasteiger partial charge in [-0.05, 0) is 44.1 Å². The van der Waals surface area contributed by atoms with Gasteiger partial charge < -0.3 is 20.2 Å². The summed E-state index contributed by atoms with van der Waals surface area (Å²) in [5.41, 5.74) is 0.654. The van der Waals surface area contributed by atoms with E-state index in [1.54, 1.807) is 11.0 Å². The van der Waals surface area contributed by atoms with E-state index in [9.17, 15) is 18.0 Å². The number of amides is 1. The Morgan fingerprint density at radius 3 is 2.32 bits per heavy atom. The van der Waals surface area contributed by atoms with E-state index in [1.165, 1.54) is 16.4 Å². The molecule has 0 aliphatic carbocycles. The van der Waals surface area contributed by atoms with E-state index in [0.717, 1.165) is 25.9 Å². The van der Waals surface area contributed by atoms with E-state index >= 15 is 0 Å². The van der Waals surface area contributed by atoms with Crippen LogP contribution in [-0.4, -0.2) is 72.8 Å². The van der Waals surface area contributed by atoms with E-state index in [0.29, 0.717) is 24.1 Å². The van der Waals surface area contributed by atoms with Crippen molar-refractivity contribution in [1.29, 1.82) is 0 Å². The number of piperidine rings is 1. The highest BCUT2D eigenvalue weighted by Gasteiger charge is 2.33. The molecule has 2 aliphatic rings. The van der Waals surface area contributed by atoms with Crippen LogP contribution in [0.15, 0.2) is 27.9 Å². The van der Waals surface area contributed by atoms with Crippen molar-refractivity contribution < 1.29 is 13.2 Å². The number of rotatable bonds is 3. The third-order valence-electron chi connectivity index (χ3n) is 5.36. The van der Waals surface area contributed by atoms with Gasteiger partial charge in [0.15, 0.2) is 0 Å². The highest BCUT2D eigenvalue weighted by Crippen LogP contribution is 2.22. The number of hydrogen-bond acceptors (Lipinski definition) is 5. The molecule has 0 bridgehead atoms. The molecule has 11 heteroatoms. The van der Waals surface area contributed by atoms with Gasteiger partial charge in [-0.1, -0.05) is 0 Å². The topological polar surface area (TPSA) is 118 Å². The Morgan fingerprint density at radius 1 is 1.00 bits per heavy atom. The predicted molar refractivity (Wildman–Crippen MR) is 107 cm³/mol. The van der Waals surface area contributed by atoms with Crippen molar-refractivity contribution in [1.82, 2.24) is 24.5 Å². The van der Waals surface area contributed by atoms with Gasteiger partial charge in [-0.3, -0.25) is 4.79 Å². The monoisotopic (exact) mass is 429 g/mol. The number of piperazine rings is 1. The van der Waals surface area contributed by atoms with Gasteiger partial charge in [-0.2, -0.15) is 4.31 Å².